The summed E-state index contributed by atoms with van der Waals surface area (Å²) < 4.78 is 10.7. The highest BCUT2D eigenvalue weighted by Crippen LogP contribution is 2.42. The molecule has 0 N–H and O–H groups in total. The van der Waals surface area contributed by atoms with Crippen LogP contribution in [0.25, 0.3) is 0 Å². The molecule has 0 spiro atoms. The van der Waals surface area contributed by atoms with E-state index in [0.717, 1.165) is 18.5 Å². The molecule has 1 aliphatic carbocycles. The normalized spacial score (nSPS) is 16.6. The average molecular weight is 292 g/mol. The maximum atomic E-state index is 12.0. The second-order valence-electron chi connectivity index (χ2n) is 6.50. The quantitative estimate of drug-likeness (QED) is 0.779. The molecule has 0 aromatic carbocycles. The van der Waals surface area contributed by atoms with Crippen LogP contribution in [-0.4, -0.2) is 29.7 Å². The molecule has 0 saturated heterocycles. The fraction of sp³-hybridized carbons (Fsp3) is 0.688. The van der Waals surface area contributed by atoms with Gasteiger partial charge in [-0.2, -0.15) is 0 Å². The van der Waals surface area contributed by atoms with E-state index >= 15 is 0 Å². The number of hydrogen-bond donors (Lipinski definition) is 0. The molecule has 1 aromatic heterocycles. The lowest BCUT2D eigenvalue weighted by molar-refractivity contribution is 0.00840. The SMILES string of the molecule is CCOC(=O)c1cnc(C(OC)C(C)(C)C)nc1C1CC1. The second kappa shape index (κ2) is 6.10. The molecule has 2 rings (SSSR count). The lowest BCUT2D eigenvalue weighted by atomic mass is 9.88. The van der Waals surface area contributed by atoms with Crippen molar-refractivity contribution in [2.24, 2.45) is 5.41 Å². The molecule has 1 aliphatic rings. The first-order chi connectivity index (χ1) is 9.88. The minimum Gasteiger partial charge on any atom is -0.462 e. The van der Waals surface area contributed by atoms with E-state index in [0.29, 0.717) is 23.9 Å². The molecule has 21 heavy (non-hydrogen) atoms. The zero-order chi connectivity index (χ0) is 15.6. The van der Waals surface area contributed by atoms with Crippen LogP contribution >= 0.6 is 0 Å². The maximum absolute atomic E-state index is 12.0. The summed E-state index contributed by atoms with van der Waals surface area (Å²) in [6, 6.07) is 0. The van der Waals surface area contributed by atoms with Crippen LogP contribution in [0.2, 0.25) is 0 Å². The van der Waals surface area contributed by atoms with Crippen molar-refractivity contribution >= 4 is 5.97 Å². The van der Waals surface area contributed by atoms with Gasteiger partial charge in [-0.25, -0.2) is 14.8 Å². The van der Waals surface area contributed by atoms with Gasteiger partial charge in [0.25, 0.3) is 0 Å². The first kappa shape index (κ1) is 15.9. The third kappa shape index (κ3) is 3.59. The Labute approximate surface area is 126 Å². The van der Waals surface area contributed by atoms with Gasteiger partial charge >= 0.3 is 5.97 Å². The fourth-order valence-corrected chi connectivity index (χ4v) is 2.42. The Morgan fingerprint density at radius 3 is 2.57 bits per heavy atom. The van der Waals surface area contributed by atoms with Gasteiger partial charge in [0, 0.05) is 19.2 Å². The van der Waals surface area contributed by atoms with Crippen molar-refractivity contribution in [3.8, 4) is 0 Å². The third-order valence-corrected chi connectivity index (χ3v) is 3.55. The van der Waals surface area contributed by atoms with Gasteiger partial charge in [0.2, 0.25) is 0 Å². The lowest BCUT2D eigenvalue weighted by Crippen LogP contribution is -2.23. The smallest absolute Gasteiger partial charge is 0.341 e. The number of carbonyl (C=O) groups excluding carboxylic acids is 1. The largest absolute Gasteiger partial charge is 0.462 e. The summed E-state index contributed by atoms with van der Waals surface area (Å²) in [4.78, 5) is 21.0. The summed E-state index contributed by atoms with van der Waals surface area (Å²) in [6.07, 6.45) is 3.52. The first-order valence-corrected chi connectivity index (χ1v) is 7.45. The van der Waals surface area contributed by atoms with E-state index in [1.54, 1.807) is 20.2 Å². The molecule has 0 amide bonds. The van der Waals surface area contributed by atoms with Gasteiger partial charge in [-0.3, -0.25) is 0 Å². The van der Waals surface area contributed by atoms with Gasteiger partial charge in [0.15, 0.2) is 5.82 Å². The van der Waals surface area contributed by atoms with Crippen LogP contribution in [0.1, 0.15) is 74.4 Å². The van der Waals surface area contributed by atoms with Crippen molar-refractivity contribution in [3.05, 3.63) is 23.3 Å². The summed E-state index contributed by atoms with van der Waals surface area (Å²) in [5.74, 6) is 0.652. The molecule has 0 radical (unpaired) electrons. The molecule has 1 heterocycles. The van der Waals surface area contributed by atoms with Crippen molar-refractivity contribution < 1.29 is 14.3 Å². The molecular formula is C16H24N2O3. The number of ether oxygens (including phenoxy) is 2. The highest BCUT2D eigenvalue weighted by molar-refractivity contribution is 5.90. The summed E-state index contributed by atoms with van der Waals surface area (Å²) in [6.45, 7) is 8.40. The summed E-state index contributed by atoms with van der Waals surface area (Å²) in [5.41, 5.74) is 1.19. The van der Waals surface area contributed by atoms with E-state index in [1.807, 2.05) is 0 Å². The van der Waals surface area contributed by atoms with Crippen LogP contribution < -0.4 is 0 Å². The zero-order valence-corrected chi connectivity index (χ0v) is 13.5. The molecule has 116 valence electrons. The Balaban J connectivity index is 2.38. The van der Waals surface area contributed by atoms with Crippen molar-refractivity contribution in [2.45, 2.75) is 52.6 Å². The minimum absolute atomic E-state index is 0.110. The van der Waals surface area contributed by atoms with Gasteiger partial charge in [-0.15, -0.1) is 0 Å². The third-order valence-electron chi connectivity index (χ3n) is 3.55. The van der Waals surface area contributed by atoms with Crippen LogP contribution in [0.3, 0.4) is 0 Å². The Morgan fingerprint density at radius 2 is 2.10 bits per heavy atom. The Kier molecular flexibility index (Phi) is 4.61. The molecular weight excluding hydrogens is 268 g/mol. The number of nitrogens with zero attached hydrogens (tertiary/aromatic N) is 2. The topological polar surface area (TPSA) is 61.3 Å². The lowest BCUT2D eigenvalue weighted by Gasteiger charge is -2.28. The van der Waals surface area contributed by atoms with E-state index in [1.165, 1.54) is 0 Å². The average Bonchev–Trinajstić information content (AvgIpc) is 3.22. The number of rotatable bonds is 5. The zero-order valence-electron chi connectivity index (χ0n) is 13.5. The molecule has 0 bridgehead atoms. The molecule has 1 atom stereocenters. The van der Waals surface area contributed by atoms with Crippen molar-refractivity contribution in [1.29, 1.82) is 0 Å². The van der Waals surface area contributed by atoms with E-state index in [9.17, 15) is 4.79 Å². The van der Waals surface area contributed by atoms with Crippen molar-refractivity contribution in [3.63, 3.8) is 0 Å². The second-order valence-corrected chi connectivity index (χ2v) is 6.50. The number of carbonyl (C=O) groups is 1. The standard InChI is InChI=1S/C16H24N2O3/c1-6-21-15(19)11-9-17-14(13(20-5)16(2,3)4)18-12(11)10-7-8-10/h9-10,13H,6-8H2,1-5H3. The highest BCUT2D eigenvalue weighted by Gasteiger charge is 2.34. The number of aromatic nitrogens is 2. The van der Waals surface area contributed by atoms with Crippen LogP contribution in [0.4, 0.5) is 0 Å². The molecule has 5 nitrogen and oxygen atoms in total. The van der Waals surface area contributed by atoms with Crippen LogP contribution in [-0.2, 0) is 9.47 Å². The molecule has 5 heteroatoms. The van der Waals surface area contributed by atoms with Crippen molar-refractivity contribution in [2.75, 3.05) is 13.7 Å². The van der Waals surface area contributed by atoms with Crippen LogP contribution in [0, 0.1) is 5.41 Å². The summed E-state index contributed by atoms with van der Waals surface area (Å²) >= 11 is 0. The molecule has 1 aromatic rings. The van der Waals surface area contributed by atoms with Gasteiger partial charge in [0.1, 0.15) is 6.10 Å². The van der Waals surface area contributed by atoms with E-state index in [-0.39, 0.29) is 17.5 Å². The Morgan fingerprint density at radius 1 is 1.43 bits per heavy atom. The minimum atomic E-state index is -0.337. The van der Waals surface area contributed by atoms with Crippen molar-refractivity contribution in [1.82, 2.24) is 9.97 Å². The summed E-state index contributed by atoms with van der Waals surface area (Å²) in [7, 11) is 1.66. The number of hydrogen-bond acceptors (Lipinski definition) is 5. The Bertz CT molecular complexity index is 519. The van der Waals surface area contributed by atoms with Gasteiger partial charge < -0.3 is 9.47 Å². The fourth-order valence-electron chi connectivity index (χ4n) is 2.42. The molecule has 0 aliphatic heterocycles. The predicted octanol–water partition coefficient (Wildman–Crippen LogP) is 3.26. The van der Waals surface area contributed by atoms with Crippen LogP contribution in [0.15, 0.2) is 6.20 Å². The van der Waals surface area contributed by atoms with Gasteiger partial charge in [0.05, 0.1) is 17.9 Å². The van der Waals surface area contributed by atoms with Gasteiger partial charge in [-0.1, -0.05) is 20.8 Å². The summed E-state index contributed by atoms with van der Waals surface area (Å²) in [5, 5.41) is 0. The predicted molar refractivity (Wildman–Crippen MR) is 79.2 cm³/mol. The number of methoxy groups -OCH3 is 1. The number of esters is 1. The highest BCUT2D eigenvalue weighted by atomic mass is 16.5. The molecule has 1 saturated carbocycles. The van der Waals surface area contributed by atoms with Gasteiger partial charge in [-0.05, 0) is 25.2 Å². The van der Waals surface area contributed by atoms with E-state index in [2.05, 4.69) is 30.7 Å². The maximum Gasteiger partial charge on any atom is 0.341 e. The molecule has 1 fully saturated rings. The Hall–Kier alpha value is -1.49. The molecule has 1 unspecified atom stereocenters. The van der Waals surface area contributed by atoms with E-state index in [4.69, 9.17) is 9.47 Å². The first-order valence-electron chi connectivity index (χ1n) is 7.45. The van der Waals surface area contributed by atoms with Crippen LogP contribution in [0.5, 0.6) is 0 Å². The van der Waals surface area contributed by atoms with E-state index < -0.39 is 0 Å². The monoisotopic (exact) mass is 292 g/mol.